The lowest BCUT2D eigenvalue weighted by Gasteiger charge is -2.20. The van der Waals surface area contributed by atoms with Crippen LogP contribution in [0.5, 0.6) is 0 Å². The molecule has 0 aromatic heterocycles. The number of esters is 1. The smallest absolute Gasteiger partial charge is 0.305 e. The van der Waals surface area contributed by atoms with Crippen LogP contribution < -0.4 is 5.32 Å². The number of ether oxygens (including phenoxy) is 1. The first-order valence-electron chi connectivity index (χ1n) is 39.8. The van der Waals surface area contributed by atoms with Gasteiger partial charge in [-0.05, 0) is 64.2 Å². The van der Waals surface area contributed by atoms with Crippen LogP contribution in [0.1, 0.15) is 444 Å². The Bertz CT molecular complexity index is 1410. The number of carbonyl (C=O) groups excluding carboxylic acids is 2. The minimum atomic E-state index is -0.840. The maximum atomic E-state index is 12.5. The Morgan fingerprint density at radius 1 is 0.322 bits per heavy atom. The van der Waals surface area contributed by atoms with Gasteiger partial charge in [0.25, 0.3) is 0 Å². The first-order valence-corrected chi connectivity index (χ1v) is 39.8. The minimum Gasteiger partial charge on any atom is -0.466 e. The number of amides is 1. The number of allylic oxidation sites excluding steroid dienone is 5. The number of hydrogen-bond donors (Lipinski definition) is 3. The van der Waals surface area contributed by atoms with Gasteiger partial charge in [0, 0.05) is 12.8 Å². The second-order valence-corrected chi connectivity index (χ2v) is 27.4. The van der Waals surface area contributed by atoms with Crippen molar-refractivity contribution in [3.05, 3.63) is 36.5 Å². The molecule has 0 aromatic rings. The molecule has 6 heteroatoms. The van der Waals surface area contributed by atoms with E-state index in [0.29, 0.717) is 19.4 Å². The van der Waals surface area contributed by atoms with Crippen LogP contribution in [0, 0.1) is 0 Å². The van der Waals surface area contributed by atoms with Crippen LogP contribution in [0.25, 0.3) is 0 Å². The van der Waals surface area contributed by atoms with Gasteiger partial charge in [-0.1, -0.05) is 403 Å². The van der Waals surface area contributed by atoms with Gasteiger partial charge in [0.2, 0.25) is 5.91 Å². The highest BCUT2D eigenvalue weighted by atomic mass is 16.5. The maximum absolute atomic E-state index is 12.5. The summed E-state index contributed by atoms with van der Waals surface area (Å²) in [6, 6.07) is -0.623. The predicted octanol–water partition coefficient (Wildman–Crippen LogP) is 26.2. The molecule has 0 rings (SSSR count). The summed E-state index contributed by atoms with van der Waals surface area (Å²) in [5.41, 5.74) is 0. The van der Waals surface area contributed by atoms with E-state index in [-0.39, 0.29) is 18.5 Å². The van der Waals surface area contributed by atoms with Gasteiger partial charge in [-0.3, -0.25) is 9.59 Å². The molecule has 0 radical (unpaired) electrons. The third-order valence-electron chi connectivity index (χ3n) is 18.7. The summed E-state index contributed by atoms with van der Waals surface area (Å²) in [6.45, 7) is 4.92. The Morgan fingerprint density at radius 3 is 0.885 bits per heavy atom. The van der Waals surface area contributed by atoms with E-state index >= 15 is 0 Å². The molecule has 6 nitrogen and oxygen atoms in total. The molecule has 0 aliphatic carbocycles. The van der Waals surface area contributed by atoms with Crippen LogP contribution in [0.2, 0.25) is 0 Å². The maximum Gasteiger partial charge on any atom is 0.305 e. The molecule has 0 saturated heterocycles. The quantitative estimate of drug-likeness (QED) is 0.0320. The Hall–Kier alpha value is -1.92. The third kappa shape index (κ3) is 73.0. The van der Waals surface area contributed by atoms with Crippen molar-refractivity contribution < 1.29 is 24.5 Å². The summed E-state index contributed by atoms with van der Waals surface area (Å²) in [7, 11) is 0. The topological polar surface area (TPSA) is 95.9 Å². The van der Waals surface area contributed by atoms with E-state index in [1.165, 1.54) is 366 Å². The molecule has 0 spiro atoms. The number of unbranched alkanes of at least 4 members (excludes halogenated alkanes) is 60. The fraction of sp³-hybridized carbons (Fsp3) is 0.901. The number of hydrogen-bond acceptors (Lipinski definition) is 5. The largest absolute Gasteiger partial charge is 0.466 e. The van der Waals surface area contributed by atoms with E-state index in [1.807, 2.05) is 6.08 Å². The first kappa shape index (κ1) is 85.1. The fourth-order valence-electron chi connectivity index (χ4n) is 12.6. The van der Waals surface area contributed by atoms with Crippen molar-refractivity contribution in [2.24, 2.45) is 0 Å². The highest BCUT2D eigenvalue weighted by molar-refractivity contribution is 5.76. The average molecular weight is 1220 g/mol. The highest BCUT2D eigenvalue weighted by Gasteiger charge is 2.18. The van der Waals surface area contributed by atoms with Gasteiger partial charge in [-0.15, -0.1) is 0 Å². The summed E-state index contributed by atoms with van der Waals surface area (Å²) in [5.74, 6) is -0.0482. The Labute approximate surface area is 544 Å². The zero-order chi connectivity index (χ0) is 62.8. The normalized spacial score (nSPS) is 12.6. The second-order valence-electron chi connectivity index (χ2n) is 27.4. The molecule has 0 fully saturated rings. The molecule has 0 aromatic carbocycles. The van der Waals surface area contributed by atoms with Crippen LogP contribution >= 0.6 is 0 Å². The molecule has 87 heavy (non-hydrogen) atoms. The van der Waals surface area contributed by atoms with Crippen LogP contribution in [-0.2, 0) is 14.3 Å². The van der Waals surface area contributed by atoms with Gasteiger partial charge in [0.15, 0.2) is 0 Å². The first-order chi connectivity index (χ1) is 43.0. The minimum absolute atomic E-state index is 0.0109. The van der Waals surface area contributed by atoms with Crippen molar-refractivity contribution in [3.8, 4) is 0 Å². The average Bonchev–Trinajstić information content (AvgIpc) is 3.56. The Morgan fingerprint density at radius 2 is 0.575 bits per heavy atom. The van der Waals surface area contributed by atoms with Crippen LogP contribution in [0.4, 0.5) is 0 Å². The predicted molar refractivity (Wildman–Crippen MR) is 384 cm³/mol. The SMILES string of the molecule is CCCCCC/C=C\C/C=C\CCCCCCCC(=O)OCCCCCCCCCCCCCCCCCCCCCCCCCCCCCCCCCCCCCCCCCC(=O)NC(CO)C(O)/C=C/CCCCCCCCCCCCCCC. The molecule has 2 unspecified atom stereocenters. The van der Waals surface area contributed by atoms with E-state index in [2.05, 4.69) is 43.5 Å². The van der Waals surface area contributed by atoms with Gasteiger partial charge in [0.05, 0.1) is 25.4 Å². The van der Waals surface area contributed by atoms with Gasteiger partial charge < -0.3 is 20.3 Å². The lowest BCUT2D eigenvalue weighted by Crippen LogP contribution is -2.45. The monoisotopic (exact) mass is 1220 g/mol. The zero-order valence-corrected chi connectivity index (χ0v) is 59.0. The van der Waals surface area contributed by atoms with Crippen LogP contribution in [0.15, 0.2) is 36.5 Å². The molecule has 0 saturated carbocycles. The van der Waals surface area contributed by atoms with E-state index in [9.17, 15) is 19.8 Å². The van der Waals surface area contributed by atoms with Gasteiger partial charge in [-0.2, -0.15) is 0 Å². The lowest BCUT2D eigenvalue weighted by atomic mass is 10.0. The van der Waals surface area contributed by atoms with Crippen molar-refractivity contribution in [3.63, 3.8) is 0 Å². The van der Waals surface area contributed by atoms with Crippen molar-refractivity contribution in [1.82, 2.24) is 5.32 Å². The van der Waals surface area contributed by atoms with E-state index < -0.39 is 12.1 Å². The van der Waals surface area contributed by atoms with E-state index in [0.717, 1.165) is 51.4 Å². The number of rotatable bonds is 75. The molecular formula is C81H155NO5. The van der Waals surface area contributed by atoms with E-state index in [4.69, 9.17) is 4.74 Å². The molecule has 2 atom stereocenters. The second kappa shape index (κ2) is 76.5. The van der Waals surface area contributed by atoms with Crippen molar-refractivity contribution in [1.29, 1.82) is 0 Å². The molecular weight excluding hydrogens is 1070 g/mol. The van der Waals surface area contributed by atoms with Gasteiger partial charge in [-0.25, -0.2) is 0 Å². The molecule has 3 N–H and O–H groups in total. The number of nitrogens with one attached hydrogen (secondary N) is 1. The lowest BCUT2D eigenvalue weighted by molar-refractivity contribution is -0.143. The molecule has 514 valence electrons. The molecule has 0 heterocycles. The Kier molecular flexibility index (Phi) is 74.8. The summed E-state index contributed by atoms with van der Waals surface area (Å²) in [5, 5.41) is 23.2. The fourth-order valence-corrected chi connectivity index (χ4v) is 12.6. The van der Waals surface area contributed by atoms with Gasteiger partial charge >= 0.3 is 5.97 Å². The summed E-state index contributed by atoms with van der Waals surface area (Å²) < 4.78 is 5.50. The van der Waals surface area contributed by atoms with Crippen molar-refractivity contribution in [2.75, 3.05) is 13.2 Å². The Balaban J connectivity index is 3.30. The number of carbonyl (C=O) groups is 2. The van der Waals surface area contributed by atoms with E-state index in [1.54, 1.807) is 6.08 Å². The van der Waals surface area contributed by atoms with Crippen molar-refractivity contribution in [2.45, 2.75) is 456 Å². The van der Waals surface area contributed by atoms with Crippen LogP contribution in [0.3, 0.4) is 0 Å². The zero-order valence-electron chi connectivity index (χ0n) is 59.0. The number of aliphatic hydroxyl groups is 2. The summed E-state index contributed by atoms with van der Waals surface area (Å²) in [4.78, 5) is 24.6. The highest BCUT2D eigenvalue weighted by Crippen LogP contribution is 2.20. The molecule has 0 bridgehead atoms. The molecule has 0 aliphatic heterocycles. The molecule has 0 aliphatic rings. The molecule has 1 amide bonds. The summed E-state index contributed by atoms with van der Waals surface area (Å²) >= 11 is 0. The van der Waals surface area contributed by atoms with Gasteiger partial charge in [0.1, 0.15) is 0 Å². The van der Waals surface area contributed by atoms with Crippen molar-refractivity contribution >= 4 is 11.9 Å². The summed E-state index contributed by atoms with van der Waals surface area (Å²) in [6.07, 6.45) is 100.0. The van der Waals surface area contributed by atoms with Crippen LogP contribution in [-0.4, -0.2) is 47.4 Å². The standard InChI is InChI=1S/C81H155NO5/c1-3-5-7-9-11-13-15-17-19-47-51-55-59-63-67-71-75-81(86)87-76-72-68-64-60-56-52-48-44-42-40-38-36-34-32-30-28-26-24-22-20-21-23-25-27-29-31-33-35-37-39-41-43-46-50-54-58-62-66-70-74-80(85)82-78(77-83)79(84)73-69-65-61-57-53-49-45-18-16-14-12-10-8-6-4-2/h13,15,19,47,69,73,78-79,83-84H,3-12,14,16-18,20-46,48-68,70-72,74-77H2,1-2H3,(H,82,85)/b15-13-,47-19-,73-69+. The number of aliphatic hydroxyl groups excluding tert-OH is 2. The third-order valence-corrected chi connectivity index (χ3v) is 18.7.